The molecule has 2 unspecified atom stereocenters. The van der Waals surface area contributed by atoms with Gasteiger partial charge in [0.05, 0.1) is 11.8 Å². The van der Waals surface area contributed by atoms with E-state index in [4.69, 9.17) is 0 Å². The number of para-hydroxylation sites is 1. The van der Waals surface area contributed by atoms with Crippen molar-refractivity contribution in [3.63, 3.8) is 0 Å². The molecule has 3 aliphatic carbocycles. The second kappa shape index (κ2) is 6.44. The lowest BCUT2D eigenvalue weighted by molar-refractivity contribution is -0.153. The van der Waals surface area contributed by atoms with Crippen LogP contribution in [0.3, 0.4) is 0 Å². The van der Waals surface area contributed by atoms with E-state index in [1.165, 1.54) is 6.07 Å². The molecule has 1 heterocycles. The van der Waals surface area contributed by atoms with Crippen LogP contribution in [0.5, 0.6) is 0 Å². The number of carboxylic acid groups (broad SMARTS) is 1. The summed E-state index contributed by atoms with van der Waals surface area (Å²) in [6.07, 6.45) is 5.60. The largest absolute Gasteiger partial charge is 0.481 e. The normalized spacial score (nSPS) is 26.8. The molecule has 26 heavy (non-hydrogen) atoms. The summed E-state index contributed by atoms with van der Waals surface area (Å²) in [5.41, 5.74) is 1.21. The summed E-state index contributed by atoms with van der Waals surface area (Å²) in [6.45, 7) is 0.202. The Labute approximate surface area is 149 Å². The number of aliphatic carboxylic acids is 1. The first-order valence-electron chi connectivity index (χ1n) is 8.84. The van der Waals surface area contributed by atoms with Gasteiger partial charge < -0.3 is 15.4 Å². The first kappa shape index (κ1) is 16.6. The number of aromatic nitrogens is 1. The summed E-state index contributed by atoms with van der Waals surface area (Å²) in [4.78, 5) is 39.1. The van der Waals surface area contributed by atoms with Crippen LogP contribution >= 0.6 is 0 Å². The smallest absolute Gasteiger partial charge is 0.307 e. The van der Waals surface area contributed by atoms with Crippen molar-refractivity contribution in [1.82, 2.24) is 10.3 Å². The summed E-state index contributed by atoms with van der Waals surface area (Å²) in [7, 11) is 0. The molecule has 2 aromatic rings. The molecule has 0 saturated heterocycles. The van der Waals surface area contributed by atoms with Gasteiger partial charge in [-0.15, -0.1) is 0 Å². The molecule has 6 heteroatoms. The molecule has 1 aromatic heterocycles. The number of benzene rings is 1. The van der Waals surface area contributed by atoms with Crippen molar-refractivity contribution < 1.29 is 14.7 Å². The first-order chi connectivity index (χ1) is 12.5. The molecule has 134 valence electrons. The van der Waals surface area contributed by atoms with Gasteiger partial charge in [-0.25, -0.2) is 0 Å². The fraction of sp³-hybridized carbons (Fsp3) is 0.350. The fourth-order valence-electron chi connectivity index (χ4n) is 4.41. The molecule has 0 spiro atoms. The highest BCUT2D eigenvalue weighted by Crippen LogP contribution is 2.45. The topological polar surface area (TPSA) is 99.3 Å². The minimum absolute atomic E-state index is 0.0305. The van der Waals surface area contributed by atoms with Crippen molar-refractivity contribution in [2.24, 2.45) is 23.7 Å². The molecule has 1 amide bonds. The van der Waals surface area contributed by atoms with Gasteiger partial charge >= 0.3 is 5.97 Å². The van der Waals surface area contributed by atoms with Crippen molar-refractivity contribution in [3.05, 3.63) is 58.4 Å². The molecular formula is C20H20N2O4. The number of pyridine rings is 1. The van der Waals surface area contributed by atoms with Crippen molar-refractivity contribution in [2.45, 2.75) is 19.4 Å². The standard InChI is InChI=1S/C20H20N2O4/c23-16-9-13(14-3-1-2-4-15(14)22-16)10-21-19(24)17-11-5-7-12(8-6-11)18(17)20(25)26/h1-5,7,9,11-12,17-18H,6,8,10H2,(H,21,24)(H,22,23)(H,25,26)/t11?,12?,17-,18+/m1/s1. The maximum atomic E-state index is 12.8. The molecule has 0 aliphatic heterocycles. The Morgan fingerprint density at radius 2 is 1.81 bits per heavy atom. The maximum Gasteiger partial charge on any atom is 0.307 e. The van der Waals surface area contributed by atoms with Crippen LogP contribution in [0.1, 0.15) is 18.4 Å². The zero-order valence-corrected chi connectivity index (χ0v) is 14.1. The minimum atomic E-state index is -0.911. The van der Waals surface area contributed by atoms with E-state index in [9.17, 15) is 19.5 Å². The minimum Gasteiger partial charge on any atom is -0.481 e. The lowest BCUT2D eigenvalue weighted by Crippen LogP contribution is -2.48. The van der Waals surface area contributed by atoms with Crippen molar-refractivity contribution >= 4 is 22.8 Å². The third-order valence-electron chi connectivity index (χ3n) is 5.63. The Morgan fingerprint density at radius 3 is 2.50 bits per heavy atom. The molecular weight excluding hydrogens is 332 g/mol. The van der Waals surface area contributed by atoms with Crippen LogP contribution in [-0.2, 0) is 16.1 Å². The van der Waals surface area contributed by atoms with Crippen molar-refractivity contribution in [1.29, 1.82) is 0 Å². The third-order valence-corrected chi connectivity index (χ3v) is 5.63. The second-order valence-corrected chi connectivity index (χ2v) is 7.10. The molecule has 3 aliphatic rings. The van der Waals surface area contributed by atoms with Crippen LogP contribution in [0.2, 0.25) is 0 Å². The van der Waals surface area contributed by atoms with Crippen molar-refractivity contribution in [2.75, 3.05) is 0 Å². The average molecular weight is 352 g/mol. The number of hydrogen-bond acceptors (Lipinski definition) is 3. The number of hydrogen-bond donors (Lipinski definition) is 3. The zero-order valence-electron chi connectivity index (χ0n) is 14.1. The maximum absolute atomic E-state index is 12.8. The molecule has 4 atom stereocenters. The van der Waals surface area contributed by atoms with Gasteiger partial charge in [-0.1, -0.05) is 30.4 Å². The van der Waals surface area contributed by atoms with E-state index >= 15 is 0 Å². The van der Waals surface area contributed by atoms with E-state index in [2.05, 4.69) is 10.3 Å². The van der Waals surface area contributed by atoms with Gasteiger partial charge in [0.25, 0.3) is 0 Å². The summed E-state index contributed by atoms with van der Waals surface area (Å²) in [6, 6.07) is 8.89. The van der Waals surface area contributed by atoms with Crippen LogP contribution in [0, 0.1) is 23.7 Å². The summed E-state index contributed by atoms with van der Waals surface area (Å²) < 4.78 is 0. The van der Waals surface area contributed by atoms with E-state index in [0.717, 1.165) is 23.8 Å². The van der Waals surface area contributed by atoms with Gasteiger partial charge in [0.2, 0.25) is 11.5 Å². The van der Waals surface area contributed by atoms with Gasteiger partial charge in [0.1, 0.15) is 0 Å². The number of rotatable bonds is 4. The summed E-state index contributed by atoms with van der Waals surface area (Å²) in [5, 5.41) is 13.3. The number of carboxylic acids is 1. The predicted molar refractivity (Wildman–Crippen MR) is 96.4 cm³/mol. The Morgan fingerprint density at radius 1 is 1.12 bits per heavy atom. The van der Waals surface area contributed by atoms with Gasteiger partial charge in [-0.3, -0.25) is 14.4 Å². The number of allylic oxidation sites excluding steroid dienone is 2. The van der Waals surface area contributed by atoms with Gasteiger partial charge in [0.15, 0.2) is 0 Å². The molecule has 2 bridgehead atoms. The van der Waals surface area contributed by atoms with Gasteiger partial charge in [-0.2, -0.15) is 0 Å². The first-order valence-corrected chi connectivity index (χ1v) is 8.84. The average Bonchev–Trinajstić information content (AvgIpc) is 2.65. The number of carbonyl (C=O) groups excluding carboxylic acids is 1. The fourth-order valence-corrected chi connectivity index (χ4v) is 4.41. The number of nitrogens with one attached hydrogen (secondary N) is 2. The second-order valence-electron chi connectivity index (χ2n) is 7.10. The molecule has 5 rings (SSSR count). The number of fused-ring (bicyclic) bond motifs is 3. The number of carbonyl (C=O) groups is 2. The van der Waals surface area contributed by atoms with Gasteiger partial charge in [-0.05, 0) is 36.3 Å². The molecule has 1 saturated carbocycles. The molecule has 3 N–H and O–H groups in total. The highest BCUT2D eigenvalue weighted by molar-refractivity contribution is 5.87. The third kappa shape index (κ3) is 2.81. The lowest BCUT2D eigenvalue weighted by Gasteiger charge is -2.41. The van der Waals surface area contributed by atoms with Crippen LogP contribution in [0.25, 0.3) is 10.9 Å². The van der Waals surface area contributed by atoms with Crippen LogP contribution in [-0.4, -0.2) is 22.0 Å². The van der Waals surface area contributed by atoms with E-state index in [-0.39, 0.29) is 29.8 Å². The molecule has 6 nitrogen and oxygen atoms in total. The predicted octanol–water partition coefficient (Wildman–Crippen LogP) is 2.06. The van der Waals surface area contributed by atoms with Crippen LogP contribution < -0.4 is 10.9 Å². The zero-order chi connectivity index (χ0) is 18.3. The Hall–Kier alpha value is -2.89. The number of amides is 1. The van der Waals surface area contributed by atoms with Crippen LogP contribution in [0.15, 0.2) is 47.3 Å². The van der Waals surface area contributed by atoms with Gasteiger partial charge in [0, 0.05) is 23.5 Å². The Bertz CT molecular complexity index is 962. The number of aromatic amines is 1. The summed E-state index contributed by atoms with van der Waals surface area (Å²) >= 11 is 0. The SMILES string of the molecule is O=C(NCc1cc(=O)[nH]c2ccccc12)[C@@H]1C2C=CC(CC2)[C@@H]1C(=O)O. The highest BCUT2D eigenvalue weighted by atomic mass is 16.4. The Balaban J connectivity index is 1.57. The molecule has 1 fully saturated rings. The van der Waals surface area contributed by atoms with Crippen LogP contribution in [0.4, 0.5) is 0 Å². The number of H-pyrrole nitrogens is 1. The quantitative estimate of drug-likeness (QED) is 0.734. The summed E-state index contributed by atoms with van der Waals surface area (Å²) in [5.74, 6) is -2.49. The monoisotopic (exact) mass is 352 g/mol. The lowest BCUT2D eigenvalue weighted by atomic mass is 9.62. The Kier molecular flexibility index (Phi) is 4.11. The molecule has 1 aromatic carbocycles. The van der Waals surface area contributed by atoms with E-state index in [1.54, 1.807) is 0 Å². The van der Waals surface area contributed by atoms with Crippen molar-refractivity contribution in [3.8, 4) is 0 Å². The highest BCUT2D eigenvalue weighted by Gasteiger charge is 2.48. The van der Waals surface area contributed by atoms with E-state index < -0.39 is 17.8 Å². The van der Waals surface area contributed by atoms with E-state index in [1.807, 2.05) is 36.4 Å². The van der Waals surface area contributed by atoms with E-state index in [0.29, 0.717) is 5.52 Å². The molecule has 0 radical (unpaired) electrons.